The van der Waals surface area contributed by atoms with Gasteiger partial charge in [-0.15, -0.1) is 0 Å². The molecular formula is C26H21N. The van der Waals surface area contributed by atoms with Gasteiger partial charge in [0, 0.05) is 21.9 Å². The van der Waals surface area contributed by atoms with Crippen LogP contribution in [0.5, 0.6) is 0 Å². The molecule has 5 rings (SSSR count). The Morgan fingerprint density at radius 2 is 1.22 bits per heavy atom. The lowest BCUT2D eigenvalue weighted by Crippen LogP contribution is -1.94. The third-order valence-electron chi connectivity index (χ3n) is 5.39. The molecule has 0 aliphatic rings. The third kappa shape index (κ3) is 2.55. The van der Waals surface area contributed by atoms with Crippen LogP contribution < -0.4 is 0 Å². The van der Waals surface area contributed by atoms with Crippen molar-refractivity contribution in [3.05, 3.63) is 96.6 Å². The van der Waals surface area contributed by atoms with E-state index in [9.17, 15) is 0 Å². The van der Waals surface area contributed by atoms with Gasteiger partial charge >= 0.3 is 0 Å². The van der Waals surface area contributed by atoms with Gasteiger partial charge in [-0.25, -0.2) is 0 Å². The zero-order valence-corrected chi connectivity index (χ0v) is 15.4. The zero-order valence-electron chi connectivity index (χ0n) is 15.4. The minimum atomic E-state index is 1.000. The summed E-state index contributed by atoms with van der Waals surface area (Å²) in [6, 6.07) is 32.5. The van der Waals surface area contributed by atoms with Crippen molar-refractivity contribution in [1.29, 1.82) is 0 Å². The molecule has 0 radical (unpaired) electrons. The molecule has 27 heavy (non-hydrogen) atoms. The Kier molecular flexibility index (Phi) is 3.79. The predicted molar refractivity (Wildman–Crippen MR) is 116 cm³/mol. The Hall–Kier alpha value is -3.32. The summed E-state index contributed by atoms with van der Waals surface area (Å²) < 4.78 is 0. The molecule has 0 saturated carbocycles. The lowest BCUT2D eigenvalue weighted by atomic mass is 9.87. The smallest absolute Gasteiger partial charge is 0.0551 e. The van der Waals surface area contributed by atoms with Gasteiger partial charge in [-0.3, -0.25) is 0 Å². The number of hydrogen-bond acceptors (Lipinski definition) is 0. The average molecular weight is 347 g/mol. The number of fused-ring (bicyclic) bond motifs is 3. The zero-order chi connectivity index (χ0) is 18.2. The van der Waals surface area contributed by atoms with Crippen LogP contribution in [-0.4, -0.2) is 4.98 Å². The van der Waals surface area contributed by atoms with E-state index >= 15 is 0 Å². The number of hydrogen-bond donors (Lipinski definition) is 1. The lowest BCUT2D eigenvalue weighted by Gasteiger charge is -2.17. The fourth-order valence-electron chi connectivity index (χ4n) is 4.15. The van der Waals surface area contributed by atoms with E-state index in [1.807, 2.05) is 0 Å². The highest BCUT2D eigenvalue weighted by Crippen LogP contribution is 2.42. The summed E-state index contributed by atoms with van der Waals surface area (Å²) in [6.45, 7) is 2.25. The maximum absolute atomic E-state index is 3.71. The second-order valence-electron chi connectivity index (χ2n) is 6.96. The molecule has 1 N–H and O–H groups in total. The highest BCUT2D eigenvalue weighted by atomic mass is 14.7. The van der Waals surface area contributed by atoms with E-state index in [2.05, 4.69) is 103 Å². The van der Waals surface area contributed by atoms with Crippen LogP contribution in [0.4, 0.5) is 0 Å². The van der Waals surface area contributed by atoms with Gasteiger partial charge in [-0.2, -0.15) is 0 Å². The first kappa shape index (κ1) is 15.9. The molecule has 0 saturated heterocycles. The first-order chi connectivity index (χ1) is 13.4. The van der Waals surface area contributed by atoms with Crippen molar-refractivity contribution in [2.75, 3.05) is 0 Å². The monoisotopic (exact) mass is 347 g/mol. The summed E-state index contributed by atoms with van der Waals surface area (Å²) in [7, 11) is 0. The quantitative estimate of drug-likeness (QED) is 0.355. The molecule has 130 valence electrons. The molecule has 1 aromatic heterocycles. The third-order valence-corrected chi connectivity index (χ3v) is 5.39. The van der Waals surface area contributed by atoms with E-state index in [1.54, 1.807) is 0 Å². The van der Waals surface area contributed by atoms with Crippen LogP contribution in [0.25, 0.3) is 44.1 Å². The Morgan fingerprint density at radius 3 is 1.89 bits per heavy atom. The standard InChI is InChI=1S/C26H21N/c1-2-18-17-22-21-15-9-10-16-23(21)27-26(22)25(20-13-7-4-8-14-20)24(18)19-11-5-3-6-12-19/h3-17,27H,2H2,1H3. The molecule has 0 unspecified atom stereocenters. The predicted octanol–water partition coefficient (Wildman–Crippen LogP) is 7.22. The van der Waals surface area contributed by atoms with Gasteiger partial charge in [0.15, 0.2) is 0 Å². The van der Waals surface area contributed by atoms with Crippen molar-refractivity contribution in [3.63, 3.8) is 0 Å². The molecule has 1 heterocycles. The maximum Gasteiger partial charge on any atom is 0.0551 e. The summed E-state index contributed by atoms with van der Waals surface area (Å²) >= 11 is 0. The van der Waals surface area contributed by atoms with Crippen molar-refractivity contribution in [1.82, 2.24) is 4.98 Å². The van der Waals surface area contributed by atoms with Crippen LogP contribution in [0.15, 0.2) is 91.0 Å². The average Bonchev–Trinajstić information content (AvgIpc) is 3.12. The first-order valence-electron chi connectivity index (χ1n) is 9.54. The number of aryl methyl sites for hydroxylation is 1. The van der Waals surface area contributed by atoms with Crippen molar-refractivity contribution in [2.45, 2.75) is 13.3 Å². The van der Waals surface area contributed by atoms with E-state index in [1.165, 1.54) is 49.6 Å². The number of aromatic nitrogens is 1. The molecule has 0 aliphatic carbocycles. The second kappa shape index (κ2) is 6.44. The number of rotatable bonds is 3. The van der Waals surface area contributed by atoms with Gasteiger partial charge in [0.2, 0.25) is 0 Å². The molecule has 1 heteroatoms. The van der Waals surface area contributed by atoms with Gasteiger partial charge in [0.1, 0.15) is 0 Å². The highest BCUT2D eigenvalue weighted by molar-refractivity contribution is 6.15. The number of benzene rings is 4. The Bertz CT molecular complexity index is 1230. The minimum Gasteiger partial charge on any atom is -0.354 e. The van der Waals surface area contributed by atoms with Crippen molar-refractivity contribution >= 4 is 21.8 Å². The van der Waals surface area contributed by atoms with Gasteiger partial charge in [0.05, 0.1) is 5.52 Å². The van der Waals surface area contributed by atoms with Crippen LogP contribution >= 0.6 is 0 Å². The highest BCUT2D eigenvalue weighted by Gasteiger charge is 2.18. The number of para-hydroxylation sites is 1. The minimum absolute atomic E-state index is 1.000. The topological polar surface area (TPSA) is 15.8 Å². The van der Waals surface area contributed by atoms with Crippen LogP contribution in [-0.2, 0) is 6.42 Å². The van der Waals surface area contributed by atoms with Crippen molar-refractivity contribution < 1.29 is 0 Å². The molecule has 0 aliphatic heterocycles. The van der Waals surface area contributed by atoms with E-state index < -0.39 is 0 Å². The molecule has 4 aromatic carbocycles. The van der Waals surface area contributed by atoms with Crippen LogP contribution in [0, 0.1) is 0 Å². The van der Waals surface area contributed by atoms with Crippen LogP contribution in [0.1, 0.15) is 12.5 Å². The molecule has 0 amide bonds. The fourth-order valence-corrected chi connectivity index (χ4v) is 4.15. The molecule has 5 aromatic rings. The molecule has 1 nitrogen and oxygen atoms in total. The maximum atomic E-state index is 3.71. The first-order valence-corrected chi connectivity index (χ1v) is 9.54. The molecule has 0 spiro atoms. The van der Waals surface area contributed by atoms with Gasteiger partial charge < -0.3 is 4.98 Å². The molecule has 0 atom stereocenters. The van der Waals surface area contributed by atoms with Gasteiger partial charge in [-0.1, -0.05) is 85.8 Å². The summed E-state index contributed by atoms with van der Waals surface area (Å²) in [5.41, 5.74) is 8.96. The Morgan fingerprint density at radius 1 is 0.630 bits per heavy atom. The Labute approximate surface area is 159 Å². The van der Waals surface area contributed by atoms with E-state index in [4.69, 9.17) is 0 Å². The fraction of sp³-hybridized carbons (Fsp3) is 0.0769. The van der Waals surface area contributed by atoms with E-state index in [0.717, 1.165) is 6.42 Å². The van der Waals surface area contributed by atoms with Crippen LogP contribution in [0.3, 0.4) is 0 Å². The van der Waals surface area contributed by atoms with Crippen molar-refractivity contribution in [3.8, 4) is 22.3 Å². The van der Waals surface area contributed by atoms with Crippen molar-refractivity contribution in [2.24, 2.45) is 0 Å². The van der Waals surface area contributed by atoms with Crippen LogP contribution in [0.2, 0.25) is 0 Å². The largest absolute Gasteiger partial charge is 0.354 e. The number of nitrogens with one attached hydrogen (secondary N) is 1. The second-order valence-corrected chi connectivity index (χ2v) is 6.96. The van der Waals surface area contributed by atoms with Gasteiger partial charge in [0.25, 0.3) is 0 Å². The van der Waals surface area contributed by atoms with Gasteiger partial charge in [-0.05, 0) is 40.8 Å². The number of aromatic amines is 1. The lowest BCUT2D eigenvalue weighted by molar-refractivity contribution is 1.15. The summed E-state index contributed by atoms with van der Waals surface area (Å²) in [5, 5.41) is 2.60. The Balaban J connectivity index is 1.99. The van der Waals surface area contributed by atoms with E-state index in [-0.39, 0.29) is 0 Å². The van der Waals surface area contributed by atoms with E-state index in [0.29, 0.717) is 0 Å². The summed E-state index contributed by atoms with van der Waals surface area (Å²) in [5.74, 6) is 0. The SMILES string of the molecule is CCc1cc2c([nH]c3ccccc32)c(-c2ccccc2)c1-c1ccccc1. The normalized spacial score (nSPS) is 11.3. The molecular weight excluding hydrogens is 326 g/mol. The molecule has 0 fully saturated rings. The summed E-state index contributed by atoms with van der Waals surface area (Å²) in [4.78, 5) is 3.71. The summed E-state index contributed by atoms with van der Waals surface area (Å²) in [6.07, 6.45) is 1.000. The number of H-pyrrole nitrogens is 1. The molecule has 0 bridgehead atoms.